The van der Waals surface area contributed by atoms with E-state index < -0.39 is 0 Å². The summed E-state index contributed by atoms with van der Waals surface area (Å²) in [5.41, 5.74) is 1.87. The summed E-state index contributed by atoms with van der Waals surface area (Å²) in [5, 5.41) is 9.56. The highest BCUT2D eigenvalue weighted by atomic mass is 35.5. The number of ketones is 1. The predicted octanol–water partition coefficient (Wildman–Crippen LogP) is 2.49. The summed E-state index contributed by atoms with van der Waals surface area (Å²) in [6.07, 6.45) is 0. The highest BCUT2D eigenvalue weighted by molar-refractivity contribution is 6.19. The largest absolute Gasteiger partial charge is 0.507 e. The van der Waals surface area contributed by atoms with Gasteiger partial charge >= 0.3 is 0 Å². The molecule has 0 saturated carbocycles. The van der Waals surface area contributed by atoms with Crippen LogP contribution < -0.4 is 0 Å². The van der Waals surface area contributed by atoms with E-state index in [1.54, 1.807) is 6.07 Å². The number of hydrogen-bond acceptors (Lipinski definition) is 2. The Balaban J connectivity index is 3.25. The van der Waals surface area contributed by atoms with Crippen molar-refractivity contribution in [3.05, 3.63) is 28.8 Å². The van der Waals surface area contributed by atoms with Gasteiger partial charge in [-0.2, -0.15) is 0 Å². The quantitative estimate of drug-likeness (QED) is 0.450. The molecule has 2 nitrogen and oxygen atoms in total. The Labute approximate surface area is 93.9 Å². The van der Waals surface area contributed by atoms with Crippen LogP contribution in [-0.2, 0) is 0 Å². The second kappa shape index (κ2) is 4.86. The monoisotopic (exact) mass is 222 g/mol. The molecule has 0 aromatic heterocycles. The summed E-state index contributed by atoms with van der Waals surface area (Å²) < 4.78 is 0. The molecule has 1 aromatic rings. The summed E-state index contributed by atoms with van der Waals surface area (Å²) in [7, 11) is 0. The van der Waals surface area contributed by atoms with Gasteiger partial charge in [0, 0.05) is 5.56 Å². The molecule has 0 aliphatic rings. The minimum Gasteiger partial charge on any atom is -0.507 e. The van der Waals surface area contributed by atoms with Crippen molar-refractivity contribution in [3.63, 3.8) is 0 Å². The number of carbonyl (C=O) groups is 1. The topological polar surface area (TPSA) is 37.3 Å². The first-order valence-corrected chi connectivity index (χ1v) is 4.99. The lowest BCUT2D eigenvalue weighted by Gasteiger charge is -2.04. The van der Waals surface area contributed by atoms with E-state index in [0.29, 0.717) is 11.1 Å². The molecule has 1 N–H and O–H groups in total. The van der Waals surface area contributed by atoms with Gasteiger partial charge < -0.3 is 5.11 Å². The molecule has 0 amide bonds. The van der Waals surface area contributed by atoms with Gasteiger partial charge in [-0.25, -0.2) is 0 Å². The Hall–Kier alpha value is -1.46. The molecule has 15 heavy (non-hydrogen) atoms. The third-order valence-electron chi connectivity index (χ3n) is 2.01. The highest BCUT2D eigenvalue weighted by Gasteiger charge is 2.08. The molecule has 0 atom stereocenters. The van der Waals surface area contributed by atoms with Crippen molar-refractivity contribution in [3.8, 4) is 17.6 Å². The molecule has 0 fully saturated rings. The molecule has 1 aromatic carbocycles. The van der Waals surface area contributed by atoms with Crippen LogP contribution in [0.1, 0.15) is 28.4 Å². The SMILES string of the molecule is CC(=O)c1cc(C)c(C#CCCl)cc1O. The number of phenolic OH excluding ortho intramolecular Hbond substituents is 1. The number of aryl methyl sites for hydroxylation is 1. The van der Waals surface area contributed by atoms with E-state index in [-0.39, 0.29) is 17.4 Å². The number of phenols is 1. The Morgan fingerprint density at radius 2 is 2.20 bits per heavy atom. The van der Waals surface area contributed by atoms with E-state index in [1.165, 1.54) is 13.0 Å². The second-order valence-corrected chi connectivity index (χ2v) is 3.44. The summed E-state index contributed by atoms with van der Waals surface area (Å²) in [5.74, 6) is 5.57. The standard InChI is InChI=1S/C12H11ClO2/c1-8-6-11(9(2)14)12(15)7-10(8)4-3-5-13/h6-7,15H,5H2,1-2H3. The number of hydrogen-bond donors (Lipinski definition) is 1. The Morgan fingerprint density at radius 3 is 2.73 bits per heavy atom. The average Bonchev–Trinajstić information content (AvgIpc) is 2.18. The van der Waals surface area contributed by atoms with E-state index >= 15 is 0 Å². The lowest BCUT2D eigenvalue weighted by atomic mass is 10.0. The van der Waals surface area contributed by atoms with E-state index in [4.69, 9.17) is 11.6 Å². The Bertz CT molecular complexity index is 453. The maximum absolute atomic E-state index is 11.1. The number of halogens is 1. The van der Waals surface area contributed by atoms with Crippen molar-refractivity contribution in [1.82, 2.24) is 0 Å². The van der Waals surface area contributed by atoms with Gasteiger partial charge in [0.15, 0.2) is 5.78 Å². The summed E-state index contributed by atoms with van der Waals surface area (Å²) in [4.78, 5) is 11.1. The number of benzene rings is 1. The molecule has 78 valence electrons. The van der Waals surface area contributed by atoms with E-state index in [9.17, 15) is 9.90 Å². The lowest BCUT2D eigenvalue weighted by molar-refractivity contribution is 0.101. The van der Waals surface area contributed by atoms with Crippen molar-refractivity contribution in [1.29, 1.82) is 0 Å². The van der Waals surface area contributed by atoms with Gasteiger partial charge in [0.25, 0.3) is 0 Å². The Kier molecular flexibility index (Phi) is 3.76. The van der Waals surface area contributed by atoms with Gasteiger partial charge in [0.05, 0.1) is 11.4 Å². The first kappa shape index (κ1) is 11.6. The molecule has 0 spiro atoms. The summed E-state index contributed by atoms with van der Waals surface area (Å²) >= 11 is 5.44. The molecule has 0 heterocycles. The fraction of sp³-hybridized carbons (Fsp3) is 0.250. The van der Waals surface area contributed by atoms with Crippen molar-refractivity contribution in [2.75, 3.05) is 5.88 Å². The van der Waals surface area contributed by atoms with Crippen LogP contribution in [0.3, 0.4) is 0 Å². The third-order valence-corrected chi connectivity index (χ3v) is 2.15. The molecule has 0 bridgehead atoms. The van der Waals surface area contributed by atoms with Gasteiger partial charge in [0.2, 0.25) is 0 Å². The normalized spacial score (nSPS) is 9.27. The maximum atomic E-state index is 11.1. The van der Waals surface area contributed by atoms with Crippen molar-refractivity contribution >= 4 is 17.4 Å². The van der Waals surface area contributed by atoms with Crippen LogP contribution in [0.2, 0.25) is 0 Å². The van der Waals surface area contributed by atoms with Crippen molar-refractivity contribution < 1.29 is 9.90 Å². The highest BCUT2D eigenvalue weighted by Crippen LogP contribution is 2.22. The van der Waals surface area contributed by atoms with Gasteiger partial charge in [-0.1, -0.05) is 11.8 Å². The van der Waals surface area contributed by atoms with Gasteiger partial charge in [-0.3, -0.25) is 4.79 Å². The second-order valence-electron chi connectivity index (χ2n) is 3.18. The average molecular weight is 223 g/mol. The van der Waals surface area contributed by atoms with Gasteiger partial charge in [-0.05, 0) is 31.5 Å². The van der Waals surface area contributed by atoms with Crippen molar-refractivity contribution in [2.45, 2.75) is 13.8 Å². The van der Waals surface area contributed by atoms with Crippen LogP contribution in [0.4, 0.5) is 0 Å². The molecule has 0 saturated heterocycles. The Morgan fingerprint density at radius 1 is 1.53 bits per heavy atom. The number of Topliss-reactive ketones (excluding diaryl/α,β-unsaturated/α-hetero) is 1. The van der Waals surface area contributed by atoms with Gasteiger partial charge in [0.1, 0.15) is 5.75 Å². The predicted molar refractivity (Wildman–Crippen MR) is 60.4 cm³/mol. The molecular weight excluding hydrogens is 212 g/mol. The molecule has 0 aliphatic heterocycles. The van der Waals surface area contributed by atoms with Crippen LogP contribution in [0.5, 0.6) is 5.75 Å². The molecule has 0 aliphatic carbocycles. The van der Waals surface area contributed by atoms with E-state index in [2.05, 4.69) is 11.8 Å². The third kappa shape index (κ3) is 2.74. The van der Waals surface area contributed by atoms with Crippen LogP contribution in [-0.4, -0.2) is 16.8 Å². The molecule has 1 rings (SSSR count). The first-order chi connectivity index (χ1) is 7.06. The smallest absolute Gasteiger partial charge is 0.163 e. The fourth-order valence-electron chi connectivity index (χ4n) is 1.24. The zero-order chi connectivity index (χ0) is 11.4. The lowest BCUT2D eigenvalue weighted by Crippen LogP contribution is -1.95. The molecular formula is C12H11ClO2. The minimum atomic E-state index is -0.160. The van der Waals surface area contributed by atoms with Crippen LogP contribution >= 0.6 is 11.6 Å². The van der Waals surface area contributed by atoms with Crippen LogP contribution in [0, 0.1) is 18.8 Å². The van der Waals surface area contributed by atoms with Crippen LogP contribution in [0.25, 0.3) is 0 Å². The summed E-state index contributed by atoms with van der Waals surface area (Å²) in [6, 6.07) is 3.13. The molecule has 3 heteroatoms. The number of rotatable bonds is 1. The molecule has 0 radical (unpaired) electrons. The summed E-state index contributed by atoms with van der Waals surface area (Å²) in [6.45, 7) is 3.25. The number of alkyl halides is 1. The fourth-order valence-corrected chi connectivity index (χ4v) is 1.31. The minimum absolute atomic E-state index is 0.0352. The van der Waals surface area contributed by atoms with Gasteiger partial charge in [-0.15, -0.1) is 11.6 Å². The number of carbonyl (C=O) groups excluding carboxylic acids is 1. The first-order valence-electron chi connectivity index (χ1n) is 4.45. The van der Waals surface area contributed by atoms with Crippen molar-refractivity contribution in [2.24, 2.45) is 0 Å². The zero-order valence-corrected chi connectivity index (χ0v) is 9.35. The van der Waals surface area contributed by atoms with E-state index in [1.807, 2.05) is 6.92 Å². The van der Waals surface area contributed by atoms with E-state index in [0.717, 1.165) is 5.56 Å². The van der Waals surface area contributed by atoms with Crippen LogP contribution in [0.15, 0.2) is 12.1 Å². The number of aromatic hydroxyl groups is 1. The zero-order valence-electron chi connectivity index (χ0n) is 8.60. The maximum Gasteiger partial charge on any atom is 0.163 e. The molecule has 0 unspecified atom stereocenters.